The monoisotopic (exact) mass is 238 g/mol. The maximum atomic E-state index is 5.36. The minimum absolute atomic E-state index is 0.538. The fourth-order valence-electron chi connectivity index (χ4n) is 1.82. The largest absolute Gasteiger partial charge is 0.382 e. The van der Waals surface area contributed by atoms with Crippen molar-refractivity contribution in [1.29, 1.82) is 0 Å². The van der Waals surface area contributed by atoms with Crippen molar-refractivity contribution < 1.29 is 4.74 Å². The second-order valence-electron chi connectivity index (χ2n) is 4.71. The lowest BCUT2D eigenvalue weighted by Gasteiger charge is -2.10. The summed E-state index contributed by atoms with van der Waals surface area (Å²) in [5.41, 5.74) is 2.77. The van der Waals surface area contributed by atoms with E-state index in [9.17, 15) is 0 Å². The van der Waals surface area contributed by atoms with Gasteiger partial charge in [-0.15, -0.1) is 0 Å². The van der Waals surface area contributed by atoms with Crippen molar-refractivity contribution in [2.75, 3.05) is 13.2 Å². The number of nitrogens with zero attached hydrogens (tertiary/aromatic N) is 1. The van der Waals surface area contributed by atoms with Crippen LogP contribution in [0.5, 0.6) is 0 Å². The maximum absolute atomic E-state index is 5.36. The maximum Gasteiger partial charge on any atom is 0.0482 e. The van der Waals surface area contributed by atoms with E-state index in [1.807, 2.05) is 6.92 Å². The average Bonchev–Trinajstić information content (AvgIpc) is 2.63. The van der Waals surface area contributed by atoms with Crippen LogP contribution in [0.1, 0.15) is 38.4 Å². The van der Waals surface area contributed by atoms with E-state index in [0.29, 0.717) is 6.04 Å². The topological polar surface area (TPSA) is 26.2 Å². The number of hydrogen-bond acceptors (Lipinski definition) is 2. The molecule has 1 N–H and O–H groups in total. The number of hydrogen-bond donors (Lipinski definition) is 1. The summed E-state index contributed by atoms with van der Waals surface area (Å²) in [4.78, 5) is 0. The molecule has 0 aliphatic carbocycles. The highest BCUT2D eigenvalue weighted by molar-refractivity contribution is 5.20. The van der Waals surface area contributed by atoms with Crippen molar-refractivity contribution in [3.63, 3.8) is 0 Å². The molecule has 0 aromatic carbocycles. The van der Waals surface area contributed by atoms with Gasteiger partial charge in [0, 0.05) is 44.2 Å². The summed E-state index contributed by atoms with van der Waals surface area (Å²) < 4.78 is 7.67. The molecular weight excluding hydrogens is 212 g/mol. The number of aryl methyl sites for hydroxylation is 1. The van der Waals surface area contributed by atoms with Crippen molar-refractivity contribution in [3.8, 4) is 0 Å². The molecule has 3 nitrogen and oxygen atoms in total. The molecule has 0 saturated heterocycles. The molecule has 0 amide bonds. The van der Waals surface area contributed by atoms with Crippen LogP contribution in [0.3, 0.4) is 0 Å². The van der Waals surface area contributed by atoms with Gasteiger partial charge in [0.2, 0.25) is 0 Å². The highest BCUT2D eigenvalue weighted by atomic mass is 16.5. The van der Waals surface area contributed by atoms with E-state index in [1.54, 1.807) is 0 Å². The molecule has 0 bridgehead atoms. The van der Waals surface area contributed by atoms with Crippen molar-refractivity contribution in [2.24, 2.45) is 0 Å². The minimum Gasteiger partial charge on any atom is -0.382 e. The molecule has 0 spiro atoms. The van der Waals surface area contributed by atoms with Crippen LogP contribution >= 0.6 is 0 Å². The van der Waals surface area contributed by atoms with Gasteiger partial charge in [-0.05, 0) is 31.9 Å². The molecule has 0 fully saturated rings. The second-order valence-corrected chi connectivity index (χ2v) is 4.71. The van der Waals surface area contributed by atoms with Gasteiger partial charge in [0.15, 0.2) is 0 Å². The van der Waals surface area contributed by atoms with Gasteiger partial charge in [-0.25, -0.2) is 0 Å². The quantitative estimate of drug-likeness (QED) is 0.705. The molecule has 98 valence electrons. The van der Waals surface area contributed by atoms with Crippen LogP contribution < -0.4 is 5.32 Å². The number of aromatic nitrogens is 1. The Morgan fingerprint density at radius 1 is 1.41 bits per heavy atom. The lowest BCUT2D eigenvalue weighted by atomic mass is 10.2. The minimum atomic E-state index is 0.538. The number of ether oxygens (including phenoxy) is 1. The third-order valence-electron chi connectivity index (χ3n) is 2.94. The lowest BCUT2D eigenvalue weighted by molar-refractivity contribution is 0.141. The van der Waals surface area contributed by atoms with Crippen molar-refractivity contribution in [2.45, 2.75) is 53.2 Å². The van der Waals surface area contributed by atoms with Crippen molar-refractivity contribution in [3.05, 3.63) is 23.5 Å². The van der Waals surface area contributed by atoms with Gasteiger partial charge in [0.25, 0.3) is 0 Å². The summed E-state index contributed by atoms with van der Waals surface area (Å²) in [6.45, 7) is 12.3. The zero-order valence-corrected chi connectivity index (χ0v) is 11.6. The van der Waals surface area contributed by atoms with Gasteiger partial charge in [-0.1, -0.05) is 13.8 Å². The molecule has 1 aromatic heterocycles. The lowest BCUT2D eigenvalue weighted by Crippen LogP contribution is -2.22. The molecule has 3 heteroatoms. The fourth-order valence-corrected chi connectivity index (χ4v) is 1.82. The van der Waals surface area contributed by atoms with Crippen molar-refractivity contribution in [1.82, 2.24) is 9.88 Å². The zero-order valence-electron chi connectivity index (χ0n) is 11.6. The zero-order chi connectivity index (χ0) is 12.7. The summed E-state index contributed by atoms with van der Waals surface area (Å²) in [7, 11) is 0. The molecular formula is C14H26N2O. The van der Waals surface area contributed by atoms with Gasteiger partial charge in [0.1, 0.15) is 0 Å². The van der Waals surface area contributed by atoms with Crippen LogP contribution in [0.25, 0.3) is 0 Å². The Hall–Kier alpha value is -0.800. The molecule has 17 heavy (non-hydrogen) atoms. The van der Waals surface area contributed by atoms with Gasteiger partial charge < -0.3 is 14.6 Å². The molecule has 1 aromatic rings. The van der Waals surface area contributed by atoms with E-state index < -0.39 is 0 Å². The Kier molecular flexibility index (Phi) is 6.30. The smallest absolute Gasteiger partial charge is 0.0482 e. The van der Waals surface area contributed by atoms with E-state index in [-0.39, 0.29) is 0 Å². The first-order chi connectivity index (χ1) is 8.15. The molecule has 0 atom stereocenters. The SMILES string of the molecule is CCOCCCn1ccc(CNC(C)C)c1C. The summed E-state index contributed by atoms with van der Waals surface area (Å²) in [5, 5.41) is 3.45. The molecule has 0 unspecified atom stereocenters. The Morgan fingerprint density at radius 3 is 2.82 bits per heavy atom. The van der Waals surface area contributed by atoms with Crippen LogP contribution in [0, 0.1) is 6.92 Å². The fraction of sp³-hybridized carbons (Fsp3) is 0.714. The van der Waals surface area contributed by atoms with Crippen LogP contribution in [-0.2, 0) is 17.8 Å². The number of rotatable bonds is 8. The molecule has 0 aliphatic heterocycles. The molecule has 1 heterocycles. The Bertz CT molecular complexity index is 318. The summed E-state index contributed by atoms with van der Waals surface area (Å²) in [6.07, 6.45) is 3.26. The summed E-state index contributed by atoms with van der Waals surface area (Å²) in [6, 6.07) is 2.75. The first-order valence-corrected chi connectivity index (χ1v) is 6.60. The summed E-state index contributed by atoms with van der Waals surface area (Å²) >= 11 is 0. The predicted octanol–water partition coefficient (Wildman–Crippen LogP) is 2.72. The van der Waals surface area contributed by atoms with E-state index in [2.05, 4.69) is 42.9 Å². The highest BCUT2D eigenvalue weighted by Crippen LogP contribution is 2.10. The van der Waals surface area contributed by atoms with E-state index in [4.69, 9.17) is 4.74 Å². The standard InChI is InChI=1S/C14H26N2O/c1-5-17-10-6-8-16-9-7-14(13(16)4)11-15-12(2)3/h7,9,12,15H,5-6,8,10-11H2,1-4H3. The predicted molar refractivity (Wildman–Crippen MR) is 72.3 cm³/mol. The highest BCUT2D eigenvalue weighted by Gasteiger charge is 2.04. The van der Waals surface area contributed by atoms with Crippen LogP contribution in [0.4, 0.5) is 0 Å². The van der Waals surface area contributed by atoms with E-state index in [1.165, 1.54) is 11.3 Å². The number of nitrogens with one attached hydrogen (secondary N) is 1. The molecule has 0 radical (unpaired) electrons. The third-order valence-corrected chi connectivity index (χ3v) is 2.94. The Morgan fingerprint density at radius 2 is 2.18 bits per heavy atom. The van der Waals surface area contributed by atoms with Crippen LogP contribution in [-0.4, -0.2) is 23.8 Å². The second kappa shape index (κ2) is 7.51. The van der Waals surface area contributed by atoms with E-state index >= 15 is 0 Å². The van der Waals surface area contributed by atoms with Gasteiger partial charge in [-0.3, -0.25) is 0 Å². The summed E-state index contributed by atoms with van der Waals surface area (Å²) in [5.74, 6) is 0. The molecule has 0 saturated carbocycles. The molecule has 0 aliphatic rings. The third kappa shape index (κ3) is 4.92. The normalized spacial score (nSPS) is 11.4. The first kappa shape index (κ1) is 14.3. The average molecular weight is 238 g/mol. The van der Waals surface area contributed by atoms with Crippen LogP contribution in [0.15, 0.2) is 12.3 Å². The Labute approximate surface area is 105 Å². The Balaban J connectivity index is 2.40. The van der Waals surface area contributed by atoms with E-state index in [0.717, 1.165) is 32.7 Å². The first-order valence-electron chi connectivity index (χ1n) is 6.60. The van der Waals surface area contributed by atoms with Gasteiger partial charge in [-0.2, -0.15) is 0 Å². The van der Waals surface area contributed by atoms with Crippen molar-refractivity contribution >= 4 is 0 Å². The van der Waals surface area contributed by atoms with Crippen LogP contribution in [0.2, 0.25) is 0 Å². The molecule has 1 rings (SSSR count). The van der Waals surface area contributed by atoms with Gasteiger partial charge >= 0.3 is 0 Å². The van der Waals surface area contributed by atoms with Gasteiger partial charge in [0.05, 0.1) is 0 Å².